The second-order valence-corrected chi connectivity index (χ2v) is 4.96. The van der Waals surface area contributed by atoms with Crippen LogP contribution in [0.15, 0.2) is 42.5 Å². The summed E-state index contributed by atoms with van der Waals surface area (Å²) in [6.07, 6.45) is 0. The van der Waals surface area contributed by atoms with Crippen molar-refractivity contribution in [2.24, 2.45) is 7.05 Å². The number of fused-ring (bicyclic) bond motifs is 1. The molecule has 0 atom stereocenters. The van der Waals surface area contributed by atoms with Crippen molar-refractivity contribution in [2.75, 3.05) is 12.8 Å². The van der Waals surface area contributed by atoms with Gasteiger partial charge in [-0.25, -0.2) is 4.39 Å². The molecule has 0 saturated heterocycles. The molecule has 0 fully saturated rings. The summed E-state index contributed by atoms with van der Waals surface area (Å²) < 4.78 is 20.1. The molecule has 3 nitrogen and oxygen atoms in total. The van der Waals surface area contributed by atoms with E-state index in [9.17, 15) is 4.39 Å². The summed E-state index contributed by atoms with van der Waals surface area (Å²) in [6, 6.07) is 11.8. The quantitative estimate of drug-likeness (QED) is 0.699. The molecule has 110 valence electrons. The maximum atomic E-state index is 12.9. The highest BCUT2D eigenvalue weighted by molar-refractivity contribution is 5.96. The van der Waals surface area contributed by atoms with E-state index in [1.807, 2.05) is 29.8 Å². The Bertz CT molecular complexity index is 899. The fourth-order valence-electron chi connectivity index (χ4n) is 2.39. The first kappa shape index (κ1) is 14.0. The fraction of sp³-hybridized carbons (Fsp3) is 0.111. The van der Waals surface area contributed by atoms with Crippen LogP contribution in [0.5, 0.6) is 5.75 Å². The monoisotopic (exact) mass is 294 g/mol. The molecule has 0 amide bonds. The first-order chi connectivity index (χ1) is 10.6. The number of ether oxygens (including phenoxy) is 1. The van der Waals surface area contributed by atoms with Gasteiger partial charge >= 0.3 is 0 Å². The number of aromatic nitrogens is 1. The number of halogens is 1. The number of nitrogens with two attached hydrogens (primary N) is 1. The van der Waals surface area contributed by atoms with E-state index in [2.05, 4.69) is 11.8 Å². The molecule has 4 heteroatoms. The Kier molecular flexibility index (Phi) is 3.48. The van der Waals surface area contributed by atoms with Crippen molar-refractivity contribution >= 4 is 16.6 Å². The lowest BCUT2D eigenvalue weighted by Gasteiger charge is -2.01. The second kappa shape index (κ2) is 5.45. The number of aryl methyl sites for hydroxylation is 1. The van der Waals surface area contributed by atoms with E-state index in [0.717, 1.165) is 27.9 Å². The van der Waals surface area contributed by atoms with Gasteiger partial charge < -0.3 is 15.0 Å². The van der Waals surface area contributed by atoms with Crippen molar-refractivity contribution < 1.29 is 9.13 Å². The van der Waals surface area contributed by atoms with Crippen LogP contribution in [0.1, 0.15) is 11.3 Å². The second-order valence-electron chi connectivity index (χ2n) is 4.96. The number of nitrogens with zero attached hydrogens (tertiary/aromatic N) is 1. The minimum absolute atomic E-state index is 0.276. The molecule has 22 heavy (non-hydrogen) atoms. The van der Waals surface area contributed by atoms with Gasteiger partial charge in [-0.2, -0.15) is 0 Å². The van der Waals surface area contributed by atoms with E-state index < -0.39 is 0 Å². The molecule has 1 aromatic heterocycles. The van der Waals surface area contributed by atoms with Gasteiger partial charge in [0.2, 0.25) is 0 Å². The fourth-order valence-corrected chi connectivity index (χ4v) is 2.39. The van der Waals surface area contributed by atoms with Gasteiger partial charge in [0.05, 0.1) is 18.3 Å². The number of methoxy groups -OCH3 is 1. The normalized spacial score (nSPS) is 10.3. The average molecular weight is 294 g/mol. The van der Waals surface area contributed by atoms with Crippen LogP contribution in [0.3, 0.4) is 0 Å². The Morgan fingerprint density at radius 2 is 1.82 bits per heavy atom. The van der Waals surface area contributed by atoms with E-state index in [-0.39, 0.29) is 5.82 Å². The summed E-state index contributed by atoms with van der Waals surface area (Å²) in [4.78, 5) is 0. The molecular formula is C18H15FN2O. The molecule has 3 rings (SSSR count). The van der Waals surface area contributed by atoms with Gasteiger partial charge in [0.25, 0.3) is 0 Å². The van der Waals surface area contributed by atoms with E-state index >= 15 is 0 Å². The molecule has 1 heterocycles. The van der Waals surface area contributed by atoms with Crippen LogP contribution in [0.2, 0.25) is 0 Å². The zero-order valence-corrected chi connectivity index (χ0v) is 12.4. The van der Waals surface area contributed by atoms with Crippen LogP contribution in [0, 0.1) is 17.7 Å². The minimum atomic E-state index is -0.276. The van der Waals surface area contributed by atoms with Crippen LogP contribution < -0.4 is 10.5 Å². The van der Waals surface area contributed by atoms with Crippen molar-refractivity contribution in [2.45, 2.75) is 0 Å². The number of anilines is 1. The molecule has 0 aliphatic carbocycles. The molecule has 0 saturated carbocycles. The maximum Gasteiger partial charge on any atom is 0.123 e. The number of benzene rings is 2. The lowest BCUT2D eigenvalue weighted by Crippen LogP contribution is -1.94. The molecule has 0 bridgehead atoms. The molecule has 0 spiro atoms. The molecule has 0 unspecified atom stereocenters. The summed E-state index contributed by atoms with van der Waals surface area (Å²) in [5.41, 5.74) is 9.26. The molecule has 2 N–H and O–H groups in total. The molecule has 2 aromatic carbocycles. The van der Waals surface area contributed by atoms with E-state index in [4.69, 9.17) is 10.5 Å². The molecular weight excluding hydrogens is 279 g/mol. The Morgan fingerprint density at radius 1 is 1.09 bits per heavy atom. The summed E-state index contributed by atoms with van der Waals surface area (Å²) >= 11 is 0. The molecule has 0 aliphatic heterocycles. The highest BCUT2D eigenvalue weighted by Crippen LogP contribution is 2.30. The van der Waals surface area contributed by atoms with Gasteiger partial charge in [-0.1, -0.05) is 5.92 Å². The first-order valence-corrected chi connectivity index (χ1v) is 6.79. The molecule has 3 aromatic rings. The van der Waals surface area contributed by atoms with E-state index in [1.54, 1.807) is 19.2 Å². The van der Waals surface area contributed by atoms with Crippen LogP contribution in [0.25, 0.3) is 10.9 Å². The summed E-state index contributed by atoms with van der Waals surface area (Å²) in [5, 5.41) is 0.937. The Morgan fingerprint density at radius 3 is 2.50 bits per heavy atom. The smallest absolute Gasteiger partial charge is 0.123 e. The van der Waals surface area contributed by atoms with Gasteiger partial charge in [-0.15, -0.1) is 0 Å². The van der Waals surface area contributed by atoms with Crippen molar-refractivity contribution in [3.63, 3.8) is 0 Å². The predicted octanol–water partition coefficient (Wildman–Crippen LogP) is 3.31. The van der Waals surface area contributed by atoms with Crippen molar-refractivity contribution in [1.82, 2.24) is 4.57 Å². The standard InChI is InChI=1S/C18H15FN2O/c1-21-16(10-5-12-3-6-13(19)7-4-12)18(20)15-9-8-14(22-2)11-17(15)21/h3-4,6-9,11H,20H2,1-2H3. The maximum absolute atomic E-state index is 12.9. The van der Waals surface area contributed by atoms with Crippen molar-refractivity contribution in [3.05, 3.63) is 59.5 Å². The van der Waals surface area contributed by atoms with Crippen LogP contribution in [-0.2, 0) is 7.05 Å². The minimum Gasteiger partial charge on any atom is -0.497 e. The summed E-state index contributed by atoms with van der Waals surface area (Å²) in [7, 11) is 3.54. The predicted molar refractivity (Wildman–Crippen MR) is 86.3 cm³/mol. The number of hydrogen-bond acceptors (Lipinski definition) is 2. The third-order valence-corrected chi connectivity index (χ3v) is 3.62. The van der Waals surface area contributed by atoms with Gasteiger partial charge in [-0.3, -0.25) is 0 Å². The SMILES string of the molecule is COc1ccc2c(N)c(C#Cc3ccc(F)cc3)n(C)c2c1. The summed E-state index contributed by atoms with van der Waals surface area (Å²) in [5.74, 6) is 6.57. The van der Waals surface area contributed by atoms with Crippen LogP contribution >= 0.6 is 0 Å². The van der Waals surface area contributed by atoms with Gasteiger partial charge in [0, 0.05) is 24.1 Å². The van der Waals surface area contributed by atoms with Gasteiger partial charge in [0.1, 0.15) is 17.3 Å². The number of nitrogen functional groups attached to an aromatic ring is 1. The number of rotatable bonds is 1. The third-order valence-electron chi connectivity index (χ3n) is 3.62. The Labute approximate surface area is 128 Å². The van der Waals surface area contributed by atoms with Crippen LogP contribution in [0.4, 0.5) is 10.1 Å². The summed E-state index contributed by atoms with van der Waals surface area (Å²) in [6.45, 7) is 0. The highest BCUT2D eigenvalue weighted by Gasteiger charge is 2.11. The van der Waals surface area contributed by atoms with Crippen molar-refractivity contribution in [3.8, 4) is 17.6 Å². The van der Waals surface area contributed by atoms with Gasteiger partial charge in [-0.05, 0) is 42.3 Å². The Balaban J connectivity index is 2.10. The average Bonchev–Trinajstić information content (AvgIpc) is 2.78. The number of hydrogen-bond donors (Lipinski definition) is 1. The molecule has 0 aliphatic rings. The topological polar surface area (TPSA) is 40.2 Å². The first-order valence-electron chi connectivity index (χ1n) is 6.79. The Hall–Kier alpha value is -2.93. The zero-order chi connectivity index (χ0) is 15.7. The lowest BCUT2D eigenvalue weighted by molar-refractivity contribution is 0.415. The van der Waals surface area contributed by atoms with Gasteiger partial charge in [0.15, 0.2) is 0 Å². The molecule has 0 radical (unpaired) electrons. The third kappa shape index (κ3) is 2.38. The lowest BCUT2D eigenvalue weighted by atomic mass is 10.2. The highest BCUT2D eigenvalue weighted by atomic mass is 19.1. The zero-order valence-electron chi connectivity index (χ0n) is 12.4. The largest absolute Gasteiger partial charge is 0.497 e. The van der Waals surface area contributed by atoms with Crippen LogP contribution in [-0.4, -0.2) is 11.7 Å². The van der Waals surface area contributed by atoms with Crippen molar-refractivity contribution in [1.29, 1.82) is 0 Å². The van der Waals surface area contributed by atoms with E-state index in [0.29, 0.717) is 5.69 Å². The van der Waals surface area contributed by atoms with E-state index in [1.165, 1.54) is 12.1 Å².